The number of esters is 1. The third-order valence-corrected chi connectivity index (χ3v) is 2.81. The molecule has 4 heteroatoms. The van der Waals surface area contributed by atoms with Crippen LogP contribution in [0.25, 0.3) is 0 Å². The standard InChI is InChI=1S/C14H20FNO2/c1-3-18-14(17)7-6-13(16)9-11-4-5-12(15)8-10(11)2/h4-5,8,13H,3,6-7,9,16H2,1-2H3. The van der Waals surface area contributed by atoms with Crippen molar-refractivity contribution in [2.75, 3.05) is 6.61 Å². The molecule has 1 rings (SSSR count). The molecule has 0 spiro atoms. The lowest BCUT2D eigenvalue weighted by Crippen LogP contribution is -2.24. The Labute approximate surface area is 107 Å². The zero-order valence-electron chi connectivity index (χ0n) is 10.9. The van der Waals surface area contributed by atoms with Gasteiger partial charge in [-0.15, -0.1) is 0 Å². The lowest BCUT2D eigenvalue weighted by molar-refractivity contribution is -0.143. The van der Waals surface area contributed by atoms with Gasteiger partial charge < -0.3 is 10.5 Å². The number of rotatable bonds is 6. The summed E-state index contributed by atoms with van der Waals surface area (Å²) < 4.78 is 17.8. The van der Waals surface area contributed by atoms with Crippen molar-refractivity contribution in [2.45, 2.75) is 39.2 Å². The van der Waals surface area contributed by atoms with Gasteiger partial charge in [-0.2, -0.15) is 0 Å². The van der Waals surface area contributed by atoms with Gasteiger partial charge in [0.2, 0.25) is 0 Å². The van der Waals surface area contributed by atoms with E-state index in [4.69, 9.17) is 10.5 Å². The number of aryl methyl sites for hydroxylation is 1. The molecule has 1 aromatic carbocycles. The summed E-state index contributed by atoms with van der Waals surface area (Å²) in [6.07, 6.45) is 1.55. The number of ether oxygens (including phenoxy) is 1. The third kappa shape index (κ3) is 4.84. The molecule has 0 saturated heterocycles. The number of nitrogens with two attached hydrogens (primary N) is 1. The van der Waals surface area contributed by atoms with E-state index in [0.29, 0.717) is 25.9 Å². The second-order valence-corrected chi connectivity index (χ2v) is 4.38. The Bertz CT molecular complexity index is 407. The molecular formula is C14H20FNO2. The number of hydrogen-bond acceptors (Lipinski definition) is 3. The number of halogens is 1. The van der Waals surface area contributed by atoms with E-state index in [-0.39, 0.29) is 17.8 Å². The molecule has 2 N–H and O–H groups in total. The van der Waals surface area contributed by atoms with E-state index in [1.807, 2.05) is 6.92 Å². The number of carbonyl (C=O) groups excluding carboxylic acids is 1. The highest BCUT2D eigenvalue weighted by Crippen LogP contribution is 2.13. The predicted molar refractivity (Wildman–Crippen MR) is 68.7 cm³/mol. The van der Waals surface area contributed by atoms with Crippen molar-refractivity contribution in [2.24, 2.45) is 5.73 Å². The highest BCUT2D eigenvalue weighted by atomic mass is 19.1. The minimum Gasteiger partial charge on any atom is -0.466 e. The first-order valence-electron chi connectivity index (χ1n) is 6.19. The first-order valence-corrected chi connectivity index (χ1v) is 6.19. The summed E-state index contributed by atoms with van der Waals surface area (Å²) in [5, 5.41) is 0. The average Bonchev–Trinajstić information content (AvgIpc) is 2.31. The van der Waals surface area contributed by atoms with Crippen LogP contribution in [0.1, 0.15) is 30.9 Å². The summed E-state index contributed by atoms with van der Waals surface area (Å²) in [7, 11) is 0. The Kier molecular flexibility index (Phi) is 5.78. The summed E-state index contributed by atoms with van der Waals surface area (Å²) in [5.74, 6) is -0.458. The molecule has 1 aromatic rings. The zero-order chi connectivity index (χ0) is 13.5. The van der Waals surface area contributed by atoms with Gasteiger partial charge in [0.1, 0.15) is 5.82 Å². The number of carbonyl (C=O) groups is 1. The molecule has 0 amide bonds. The largest absolute Gasteiger partial charge is 0.466 e. The van der Waals surface area contributed by atoms with E-state index in [9.17, 15) is 9.18 Å². The fraction of sp³-hybridized carbons (Fsp3) is 0.500. The van der Waals surface area contributed by atoms with Crippen LogP contribution in [0.15, 0.2) is 18.2 Å². The average molecular weight is 253 g/mol. The van der Waals surface area contributed by atoms with Gasteiger partial charge >= 0.3 is 5.97 Å². The minimum absolute atomic E-state index is 0.112. The van der Waals surface area contributed by atoms with Gasteiger partial charge in [-0.3, -0.25) is 4.79 Å². The van der Waals surface area contributed by atoms with E-state index < -0.39 is 0 Å². The van der Waals surface area contributed by atoms with Gasteiger partial charge in [-0.1, -0.05) is 6.07 Å². The quantitative estimate of drug-likeness (QED) is 0.792. The van der Waals surface area contributed by atoms with Crippen LogP contribution in [-0.2, 0) is 16.0 Å². The van der Waals surface area contributed by atoms with E-state index >= 15 is 0 Å². The van der Waals surface area contributed by atoms with Crippen molar-refractivity contribution in [3.8, 4) is 0 Å². The van der Waals surface area contributed by atoms with Crippen molar-refractivity contribution in [3.63, 3.8) is 0 Å². The second-order valence-electron chi connectivity index (χ2n) is 4.38. The molecule has 0 saturated carbocycles. The highest BCUT2D eigenvalue weighted by Gasteiger charge is 2.10. The first-order chi connectivity index (χ1) is 8.52. The molecule has 1 atom stereocenters. The molecule has 0 bridgehead atoms. The van der Waals surface area contributed by atoms with Crippen LogP contribution in [0.2, 0.25) is 0 Å². The fourth-order valence-corrected chi connectivity index (χ4v) is 1.81. The molecule has 0 radical (unpaired) electrons. The zero-order valence-corrected chi connectivity index (χ0v) is 10.9. The maximum absolute atomic E-state index is 12.9. The van der Waals surface area contributed by atoms with E-state index in [2.05, 4.69) is 0 Å². The topological polar surface area (TPSA) is 52.3 Å². The molecule has 0 aromatic heterocycles. The van der Waals surface area contributed by atoms with Crippen molar-refractivity contribution in [1.82, 2.24) is 0 Å². The maximum Gasteiger partial charge on any atom is 0.305 e. The van der Waals surface area contributed by atoms with Gasteiger partial charge in [-0.25, -0.2) is 4.39 Å². The summed E-state index contributed by atoms with van der Waals surface area (Å²) in [6, 6.07) is 4.56. The summed E-state index contributed by atoms with van der Waals surface area (Å²) in [4.78, 5) is 11.2. The molecular weight excluding hydrogens is 233 g/mol. The van der Waals surface area contributed by atoms with Crippen LogP contribution in [0.3, 0.4) is 0 Å². The third-order valence-electron chi connectivity index (χ3n) is 2.81. The molecule has 0 aliphatic carbocycles. The van der Waals surface area contributed by atoms with E-state index in [1.54, 1.807) is 13.0 Å². The lowest BCUT2D eigenvalue weighted by atomic mass is 9.99. The van der Waals surface area contributed by atoms with Gasteiger partial charge in [0, 0.05) is 12.5 Å². The van der Waals surface area contributed by atoms with Crippen LogP contribution in [0.5, 0.6) is 0 Å². The minimum atomic E-state index is -0.239. The van der Waals surface area contributed by atoms with Gasteiger partial charge in [0.15, 0.2) is 0 Å². The summed E-state index contributed by atoms with van der Waals surface area (Å²) in [6.45, 7) is 4.03. The maximum atomic E-state index is 12.9. The molecule has 0 fully saturated rings. The van der Waals surface area contributed by atoms with Crippen LogP contribution in [0, 0.1) is 12.7 Å². The Balaban J connectivity index is 2.44. The predicted octanol–water partition coefficient (Wildman–Crippen LogP) is 2.35. The SMILES string of the molecule is CCOC(=O)CCC(N)Cc1ccc(F)cc1C. The highest BCUT2D eigenvalue weighted by molar-refractivity contribution is 5.69. The Morgan fingerprint density at radius 3 is 2.83 bits per heavy atom. The first kappa shape index (κ1) is 14.6. The Hall–Kier alpha value is -1.42. The van der Waals surface area contributed by atoms with Gasteiger partial charge in [0.05, 0.1) is 6.61 Å². The fourth-order valence-electron chi connectivity index (χ4n) is 1.81. The summed E-state index contributed by atoms with van der Waals surface area (Å²) in [5.41, 5.74) is 7.87. The van der Waals surface area contributed by atoms with Crippen LogP contribution < -0.4 is 5.73 Å². The van der Waals surface area contributed by atoms with E-state index in [1.165, 1.54) is 12.1 Å². The van der Waals surface area contributed by atoms with Gasteiger partial charge in [0.25, 0.3) is 0 Å². The smallest absolute Gasteiger partial charge is 0.305 e. The normalized spacial score (nSPS) is 12.2. The van der Waals surface area contributed by atoms with Crippen LogP contribution in [0.4, 0.5) is 4.39 Å². The second kappa shape index (κ2) is 7.11. The van der Waals surface area contributed by atoms with Crippen molar-refractivity contribution < 1.29 is 13.9 Å². The van der Waals surface area contributed by atoms with Gasteiger partial charge in [-0.05, 0) is 49.9 Å². The van der Waals surface area contributed by atoms with Crippen molar-refractivity contribution in [1.29, 1.82) is 0 Å². The molecule has 3 nitrogen and oxygen atoms in total. The summed E-state index contributed by atoms with van der Waals surface area (Å²) >= 11 is 0. The number of benzene rings is 1. The lowest BCUT2D eigenvalue weighted by Gasteiger charge is -2.13. The number of hydrogen-bond donors (Lipinski definition) is 1. The Morgan fingerprint density at radius 1 is 1.50 bits per heavy atom. The Morgan fingerprint density at radius 2 is 2.22 bits per heavy atom. The molecule has 0 heterocycles. The molecule has 1 unspecified atom stereocenters. The van der Waals surface area contributed by atoms with Crippen LogP contribution >= 0.6 is 0 Å². The van der Waals surface area contributed by atoms with Crippen molar-refractivity contribution in [3.05, 3.63) is 35.1 Å². The van der Waals surface area contributed by atoms with E-state index in [0.717, 1.165) is 11.1 Å². The van der Waals surface area contributed by atoms with Crippen molar-refractivity contribution >= 4 is 5.97 Å². The molecule has 100 valence electrons. The monoisotopic (exact) mass is 253 g/mol. The molecule has 0 aliphatic rings. The molecule has 18 heavy (non-hydrogen) atoms. The molecule has 0 aliphatic heterocycles. The van der Waals surface area contributed by atoms with Crippen LogP contribution in [-0.4, -0.2) is 18.6 Å².